The van der Waals surface area contributed by atoms with Gasteiger partial charge in [-0.2, -0.15) is 0 Å². The van der Waals surface area contributed by atoms with E-state index >= 15 is 0 Å². The van der Waals surface area contributed by atoms with Gasteiger partial charge in [0, 0.05) is 48.6 Å². The minimum absolute atomic E-state index is 0. The maximum absolute atomic E-state index is 7.75. The summed E-state index contributed by atoms with van der Waals surface area (Å²) in [5, 5.41) is 4.83. The number of hydrogen-bond donors (Lipinski definition) is 0. The average molecular weight is 580 g/mol. The molecule has 0 spiro atoms. The molecule has 0 aromatic heterocycles. The SMILES string of the molecule is CC(C)[PH+](CC[N-]CC[PH+](C(C)C)C(C)C)C(C)C.[CH-]=O.[CH-]=O.[CH-]=O.[Re]. The first-order chi connectivity index (χ1) is 11.8. The molecule has 0 saturated carbocycles. The zero-order valence-electron chi connectivity index (χ0n) is 17.9. The third-order valence-corrected chi connectivity index (χ3v) is 11.6. The fourth-order valence-corrected chi connectivity index (χ4v) is 8.82. The second kappa shape index (κ2) is 27.7. The van der Waals surface area contributed by atoms with E-state index in [-0.39, 0.29) is 36.3 Å². The molecule has 4 nitrogen and oxygen atoms in total. The Hall–Kier alpha value is 0.492. The summed E-state index contributed by atoms with van der Waals surface area (Å²) in [6, 6.07) is 0. The largest absolute Gasteiger partial charge is 0.656 e. The summed E-state index contributed by atoms with van der Waals surface area (Å²) < 4.78 is 0. The van der Waals surface area contributed by atoms with Gasteiger partial charge in [-0.3, -0.25) is 20.4 Å². The summed E-state index contributed by atoms with van der Waals surface area (Å²) in [4.78, 5) is 23.2. The summed E-state index contributed by atoms with van der Waals surface area (Å²) in [7, 11) is -0.394. The zero-order chi connectivity index (χ0) is 21.0. The van der Waals surface area contributed by atoms with Crippen LogP contribution in [0.2, 0.25) is 0 Å². The van der Waals surface area contributed by atoms with Crippen LogP contribution in [0.5, 0.6) is 0 Å². The van der Waals surface area contributed by atoms with Crippen LogP contribution in [0.1, 0.15) is 55.4 Å². The molecule has 0 fully saturated rings. The normalized spacial score (nSPS) is 9.92. The Morgan fingerprint density at radius 1 is 0.577 bits per heavy atom. The van der Waals surface area contributed by atoms with Gasteiger partial charge in [-0.1, -0.05) is 0 Å². The smallest absolute Gasteiger partial charge is 0.0621 e. The summed E-state index contributed by atoms with van der Waals surface area (Å²) in [6.45, 7) is 31.2. The van der Waals surface area contributed by atoms with Crippen molar-refractivity contribution in [3.8, 4) is 0 Å². The van der Waals surface area contributed by atoms with Crippen LogP contribution in [-0.4, -0.2) is 68.4 Å². The van der Waals surface area contributed by atoms with Gasteiger partial charge in [-0.05, 0) is 55.4 Å². The topological polar surface area (TPSA) is 65.3 Å². The molecular formula is C19H41NO3P2Re-2. The van der Waals surface area contributed by atoms with Crippen molar-refractivity contribution in [2.75, 3.05) is 25.4 Å². The van der Waals surface area contributed by atoms with E-state index in [1.165, 1.54) is 12.3 Å². The maximum atomic E-state index is 7.75. The molecule has 0 aromatic rings. The minimum Gasteiger partial charge on any atom is -0.656 e. The quantitative estimate of drug-likeness (QED) is 0.165. The molecule has 0 heterocycles. The van der Waals surface area contributed by atoms with Gasteiger partial charge in [0.25, 0.3) is 0 Å². The molecule has 0 bridgehead atoms. The molecule has 0 atom stereocenters. The van der Waals surface area contributed by atoms with Crippen LogP contribution < -0.4 is 0 Å². The second-order valence-corrected chi connectivity index (χ2v) is 14.9. The summed E-state index contributed by atoms with van der Waals surface area (Å²) in [6.07, 6.45) is 2.76. The average Bonchev–Trinajstić information content (AvgIpc) is 2.58. The van der Waals surface area contributed by atoms with E-state index in [0.717, 1.165) is 35.7 Å². The van der Waals surface area contributed by atoms with E-state index in [9.17, 15) is 0 Å². The summed E-state index contributed by atoms with van der Waals surface area (Å²) in [5.74, 6) is 0. The summed E-state index contributed by atoms with van der Waals surface area (Å²) in [5.41, 5.74) is 3.58. The van der Waals surface area contributed by atoms with Gasteiger partial charge < -0.3 is 19.7 Å². The van der Waals surface area contributed by atoms with Crippen LogP contribution in [0, 0.1) is 0 Å². The van der Waals surface area contributed by atoms with E-state index in [1.54, 1.807) is 0 Å². The van der Waals surface area contributed by atoms with Crippen molar-refractivity contribution in [1.82, 2.24) is 0 Å². The number of carbonyl (C=O) groups excluding carboxylic acids is 3. The molecule has 7 heteroatoms. The third kappa shape index (κ3) is 22.5. The summed E-state index contributed by atoms with van der Waals surface area (Å²) >= 11 is 0. The van der Waals surface area contributed by atoms with E-state index in [2.05, 4.69) is 75.8 Å². The molecule has 0 saturated heterocycles. The molecule has 0 aliphatic heterocycles. The Kier molecular flexibility index (Phi) is 39.7. The van der Waals surface area contributed by atoms with Crippen LogP contribution in [0.3, 0.4) is 0 Å². The van der Waals surface area contributed by atoms with Gasteiger partial charge in [0.2, 0.25) is 0 Å². The van der Waals surface area contributed by atoms with Crippen molar-refractivity contribution >= 4 is 36.2 Å². The molecule has 0 aromatic carbocycles. The predicted octanol–water partition coefficient (Wildman–Crippen LogP) is 4.60. The fraction of sp³-hybridized carbons (Fsp3) is 0.842. The minimum atomic E-state index is -0.197. The second-order valence-electron chi connectivity index (χ2n) is 6.94. The maximum Gasteiger partial charge on any atom is 0.0621 e. The fourth-order valence-electron chi connectivity index (χ4n) is 3.02. The Morgan fingerprint density at radius 3 is 0.923 bits per heavy atom. The Morgan fingerprint density at radius 2 is 0.769 bits per heavy atom. The van der Waals surface area contributed by atoms with Gasteiger partial charge in [-0.15, -0.1) is 13.1 Å². The zero-order valence-corrected chi connectivity index (χ0v) is 22.6. The molecule has 0 N–H and O–H groups in total. The van der Waals surface area contributed by atoms with Gasteiger partial charge in [0.15, 0.2) is 0 Å². The van der Waals surface area contributed by atoms with Crippen LogP contribution in [0.4, 0.5) is 0 Å². The van der Waals surface area contributed by atoms with Crippen molar-refractivity contribution in [2.45, 2.75) is 78.0 Å². The van der Waals surface area contributed by atoms with E-state index in [1.807, 2.05) is 0 Å². The molecule has 0 aliphatic rings. The first-order valence-corrected chi connectivity index (χ1v) is 12.5. The molecule has 26 heavy (non-hydrogen) atoms. The van der Waals surface area contributed by atoms with Gasteiger partial charge >= 0.3 is 0 Å². The molecule has 1 radical (unpaired) electrons. The van der Waals surface area contributed by atoms with Gasteiger partial charge in [0.05, 0.1) is 22.6 Å². The number of hydrogen-bond acceptors (Lipinski definition) is 3. The van der Waals surface area contributed by atoms with Crippen LogP contribution in [0.25, 0.3) is 5.32 Å². The molecule has 159 valence electrons. The van der Waals surface area contributed by atoms with Crippen molar-refractivity contribution in [3.63, 3.8) is 0 Å². The standard InChI is InChI=1S/C16H36NP2.3CHO.Re/c1-13(2)18(14(3)4)11-9-17-10-12-19(15(5)6)16(7)8;3*1-2;/h13-16H,9-12H2,1-8H3;3*1H;/q4*-1;/p+2. The molecule has 0 aliphatic carbocycles. The van der Waals surface area contributed by atoms with Crippen LogP contribution >= 0.6 is 15.8 Å². The van der Waals surface area contributed by atoms with Gasteiger partial charge in [-0.25, -0.2) is 0 Å². The molecule has 0 unspecified atom stereocenters. The molecule has 0 amide bonds. The van der Waals surface area contributed by atoms with Crippen molar-refractivity contribution in [1.29, 1.82) is 0 Å². The van der Waals surface area contributed by atoms with Crippen LogP contribution in [0.15, 0.2) is 0 Å². The van der Waals surface area contributed by atoms with Crippen LogP contribution in [-0.2, 0) is 34.8 Å². The van der Waals surface area contributed by atoms with Crippen molar-refractivity contribution in [3.05, 3.63) is 5.32 Å². The van der Waals surface area contributed by atoms with E-state index < -0.39 is 0 Å². The monoisotopic (exact) mass is 580 g/mol. The number of rotatable bonds is 10. The van der Waals surface area contributed by atoms with E-state index in [0.29, 0.717) is 0 Å². The van der Waals surface area contributed by atoms with Crippen molar-refractivity contribution in [2.24, 2.45) is 0 Å². The first kappa shape index (κ1) is 37.3. The third-order valence-electron chi connectivity index (χ3n) is 4.08. The number of nitrogens with zero attached hydrogens (tertiary/aromatic N) is 1. The Balaban J connectivity index is -0.000000189. The molecule has 0 rings (SSSR count). The van der Waals surface area contributed by atoms with E-state index in [4.69, 9.17) is 19.7 Å². The van der Waals surface area contributed by atoms with Crippen molar-refractivity contribution < 1.29 is 34.8 Å². The predicted molar refractivity (Wildman–Crippen MR) is 120 cm³/mol. The Bertz CT molecular complexity index is 228. The Labute approximate surface area is 179 Å². The molecular weight excluding hydrogens is 538 g/mol. The first-order valence-electron chi connectivity index (χ1n) is 8.82. The van der Waals surface area contributed by atoms with Gasteiger partial charge in [0.1, 0.15) is 0 Å².